The van der Waals surface area contributed by atoms with E-state index in [4.69, 9.17) is 5.73 Å². The normalized spacial score (nSPS) is 13.7. The first kappa shape index (κ1) is 16.0. The van der Waals surface area contributed by atoms with Gasteiger partial charge in [0.05, 0.1) is 5.69 Å². The molecule has 0 aliphatic carbocycles. The van der Waals surface area contributed by atoms with E-state index in [-0.39, 0.29) is 0 Å². The van der Waals surface area contributed by atoms with Crippen molar-refractivity contribution in [2.45, 2.75) is 38.9 Å². The molecule has 2 aromatic heterocycles. The van der Waals surface area contributed by atoms with Gasteiger partial charge in [-0.1, -0.05) is 0 Å². The van der Waals surface area contributed by atoms with Gasteiger partial charge >= 0.3 is 6.18 Å². The predicted octanol–water partition coefficient (Wildman–Crippen LogP) is 3.14. The fraction of sp³-hybridized carbons (Fsp3) is 0.538. The molecular weight excluding hydrogens is 301 g/mol. The molecule has 2 heterocycles. The van der Waals surface area contributed by atoms with Gasteiger partial charge in [-0.25, -0.2) is 4.98 Å². The van der Waals surface area contributed by atoms with Gasteiger partial charge in [0.15, 0.2) is 5.01 Å². The minimum atomic E-state index is -4.40. The molecular formula is C13H17F3N4S. The van der Waals surface area contributed by atoms with Crippen molar-refractivity contribution in [2.75, 3.05) is 0 Å². The first-order valence-electron chi connectivity index (χ1n) is 6.47. The molecule has 0 bridgehead atoms. The van der Waals surface area contributed by atoms with Crippen molar-refractivity contribution in [3.63, 3.8) is 0 Å². The van der Waals surface area contributed by atoms with Gasteiger partial charge in [-0.05, 0) is 32.3 Å². The summed E-state index contributed by atoms with van der Waals surface area (Å²) >= 11 is 0.615. The van der Waals surface area contributed by atoms with Crippen LogP contribution in [0.25, 0.3) is 0 Å². The van der Waals surface area contributed by atoms with E-state index in [1.54, 1.807) is 4.68 Å². The Kier molecular flexibility index (Phi) is 4.38. The molecule has 0 fully saturated rings. The number of thiazole rings is 1. The highest BCUT2D eigenvalue weighted by molar-refractivity contribution is 7.11. The maximum absolute atomic E-state index is 12.5. The minimum absolute atomic E-state index is 0.447. The molecule has 116 valence electrons. The minimum Gasteiger partial charge on any atom is -0.323 e. The number of nitrogens with zero attached hydrogens (tertiary/aromatic N) is 3. The molecule has 2 rings (SSSR count). The summed E-state index contributed by atoms with van der Waals surface area (Å²) < 4.78 is 39.4. The molecule has 21 heavy (non-hydrogen) atoms. The van der Waals surface area contributed by atoms with Crippen molar-refractivity contribution in [1.29, 1.82) is 0 Å². The first-order chi connectivity index (χ1) is 9.70. The standard InChI is InChI=1S/C13H17F3N4S/c1-7-9(8(2)20(3)19-7)4-5-10(17)11-6-18-12(21-11)13(14,15)16/h6,10H,4-5,17H2,1-3H3. The predicted molar refractivity (Wildman–Crippen MR) is 75.0 cm³/mol. The average molecular weight is 318 g/mol. The van der Waals surface area contributed by atoms with E-state index < -0.39 is 17.2 Å². The van der Waals surface area contributed by atoms with Gasteiger partial charge in [-0.2, -0.15) is 18.3 Å². The molecule has 0 aromatic carbocycles. The molecule has 0 aliphatic rings. The fourth-order valence-electron chi connectivity index (χ4n) is 2.21. The van der Waals surface area contributed by atoms with Crippen molar-refractivity contribution in [3.8, 4) is 0 Å². The molecule has 2 aromatic rings. The van der Waals surface area contributed by atoms with Crippen LogP contribution >= 0.6 is 11.3 Å². The molecule has 0 amide bonds. The second-order valence-electron chi connectivity index (χ2n) is 4.98. The molecule has 2 N–H and O–H groups in total. The quantitative estimate of drug-likeness (QED) is 0.942. The van der Waals surface area contributed by atoms with Crippen LogP contribution in [0.5, 0.6) is 0 Å². The Hall–Kier alpha value is -1.41. The molecule has 0 saturated heterocycles. The van der Waals surface area contributed by atoms with Crippen LogP contribution in [0, 0.1) is 13.8 Å². The second-order valence-corrected chi connectivity index (χ2v) is 6.05. The number of aryl methyl sites for hydroxylation is 2. The Bertz CT molecular complexity index is 630. The summed E-state index contributed by atoms with van der Waals surface area (Å²) in [7, 11) is 1.87. The monoisotopic (exact) mass is 318 g/mol. The maximum atomic E-state index is 12.5. The van der Waals surface area contributed by atoms with E-state index in [1.165, 1.54) is 6.20 Å². The van der Waals surface area contributed by atoms with Gasteiger partial charge in [-0.15, -0.1) is 11.3 Å². The van der Waals surface area contributed by atoms with Crippen LogP contribution in [-0.2, 0) is 19.6 Å². The van der Waals surface area contributed by atoms with Crippen molar-refractivity contribution >= 4 is 11.3 Å². The summed E-state index contributed by atoms with van der Waals surface area (Å²) in [5.74, 6) is 0. The van der Waals surface area contributed by atoms with Gasteiger partial charge in [-0.3, -0.25) is 4.68 Å². The van der Waals surface area contributed by atoms with E-state index in [1.807, 2.05) is 20.9 Å². The number of halogens is 3. The number of alkyl halides is 3. The summed E-state index contributed by atoms with van der Waals surface area (Å²) in [5, 5.41) is 3.47. The molecule has 0 spiro atoms. The topological polar surface area (TPSA) is 56.7 Å². The van der Waals surface area contributed by atoms with Crippen LogP contribution in [0.1, 0.15) is 39.3 Å². The maximum Gasteiger partial charge on any atom is 0.443 e. The Morgan fingerprint density at radius 3 is 2.52 bits per heavy atom. The Morgan fingerprint density at radius 2 is 2.05 bits per heavy atom. The van der Waals surface area contributed by atoms with Gasteiger partial charge in [0, 0.05) is 29.9 Å². The van der Waals surface area contributed by atoms with E-state index in [0.717, 1.165) is 17.0 Å². The van der Waals surface area contributed by atoms with Gasteiger partial charge in [0.2, 0.25) is 0 Å². The van der Waals surface area contributed by atoms with Gasteiger partial charge < -0.3 is 5.73 Å². The summed E-state index contributed by atoms with van der Waals surface area (Å²) in [5.41, 5.74) is 9.08. The van der Waals surface area contributed by atoms with Gasteiger partial charge in [0.1, 0.15) is 0 Å². The fourth-order valence-corrected chi connectivity index (χ4v) is 3.03. The van der Waals surface area contributed by atoms with E-state index >= 15 is 0 Å². The third-order valence-corrected chi connectivity index (χ3v) is 4.67. The lowest BCUT2D eigenvalue weighted by Gasteiger charge is -2.09. The van der Waals surface area contributed by atoms with E-state index in [0.29, 0.717) is 29.1 Å². The lowest BCUT2D eigenvalue weighted by Crippen LogP contribution is -2.10. The molecule has 0 saturated carbocycles. The van der Waals surface area contributed by atoms with Crippen LogP contribution in [-0.4, -0.2) is 14.8 Å². The van der Waals surface area contributed by atoms with E-state index in [9.17, 15) is 13.2 Å². The van der Waals surface area contributed by atoms with Crippen LogP contribution < -0.4 is 5.73 Å². The lowest BCUT2D eigenvalue weighted by atomic mass is 10.0. The SMILES string of the molecule is Cc1nn(C)c(C)c1CCC(N)c1cnc(C(F)(F)F)s1. The summed E-state index contributed by atoms with van der Waals surface area (Å²) in [6, 6.07) is -0.447. The third-order valence-electron chi connectivity index (χ3n) is 3.50. The summed E-state index contributed by atoms with van der Waals surface area (Å²) in [6.45, 7) is 3.89. The zero-order valence-electron chi connectivity index (χ0n) is 12.0. The molecule has 8 heteroatoms. The number of nitrogens with two attached hydrogens (primary N) is 1. The first-order valence-corrected chi connectivity index (χ1v) is 7.29. The van der Waals surface area contributed by atoms with Crippen molar-refractivity contribution in [2.24, 2.45) is 12.8 Å². The number of hydrogen-bond acceptors (Lipinski definition) is 4. The number of rotatable bonds is 4. The second kappa shape index (κ2) is 5.76. The molecule has 4 nitrogen and oxygen atoms in total. The summed E-state index contributed by atoms with van der Waals surface area (Å²) in [6.07, 6.45) is -1.93. The van der Waals surface area contributed by atoms with Crippen molar-refractivity contribution < 1.29 is 13.2 Å². The molecule has 0 aliphatic heterocycles. The Morgan fingerprint density at radius 1 is 1.38 bits per heavy atom. The van der Waals surface area contributed by atoms with Crippen molar-refractivity contribution in [1.82, 2.24) is 14.8 Å². The zero-order chi connectivity index (χ0) is 15.8. The largest absolute Gasteiger partial charge is 0.443 e. The smallest absolute Gasteiger partial charge is 0.323 e. The number of aromatic nitrogens is 3. The molecule has 1 unspecified atom stereocenters. The summed E-state index contributed by atoms with van der Waals surface area (Å²) in [4.78, 5) is 3.86. The highest BCUT2D eigenvalue weighted by atomic mass is 32.1. The lowest BCUT2D eigenvalue weighted by molar-refractivity contribution is -0.137. The highest BCUT2D eigenvalue weighted by Crippen LogP contribution is 2.34. The van der Waals surface area contributed by atoms with E-state index in [2.05, 4.69) is 10.1 Å². The van der Waals surface area contributed by atoms with Gasteiger partial charge in [0.25, 0.3) is 0 Å². The zero-order valence-corrected chi connectivity index (χ0v) is 12.8. The van der Waals surface area contributed by atoms with Crippen molar-refractivity contribution in [3.05, 3.63) is 33.0 Å². The molecule has 1 atom stereocenters. The Balaban J connectivity index is 2.05. The number of hydrogen-bond donors (Lipinski definition) is 1. The third kappa shape index (κ3) is 3.44. The van der Waals surface area contributed by atoms with Crippen LogP contribution in [0.2, 0.25) is 0 Å². The Labute approximate surface area is 124 Å². The van der Waals surface area contributed by atoms with Crippen LogP contribution in [0.4, 0.5) is 13.2 Å². The van der Waals surface area contributed by atoms with Crippen LogP contribution in [0.15, 0.2) is 6.20 Å². The molecule has 0 radical (unpaired) electrons. The van der Waals surface area contributed by atoms with Crippen LogP contribution in [0.3, 0.4) is 0 Å². The average Bonchev–Trinajstić information content (AvgIpc) is 2.95. The highest BCUT2D eigenvalue weighted by Gasteiger charge is 2.35.